The van der Waals surface area contributed by atoms with Crippen molar-refractivity contribution in [3.05, 3.63) is 59.5 Å². The summed E-state index contributed by atoms with van der Waals surface area (Å²) in [5.41, 5.74) is 4.33. The third kappa shape index (κ3) is 4.68. The number of nitrogens with zero attached hydrogens (tertiary/aromatic N) is 3. The Labute approximate surface area is 180 Å². The Balaban J connectivity index is 1.36. The maximum absolute atomic E-state index is 5.62. The molecule has 0 bridgehead atoms. The van der Waals surface area contributed by atoms with Gasteiger partial charge in [0.2, 0.25) is 0 Å². The molecule has 1 aliphatic rings. The average molecular weight is 425 g/mol. The van der Waals surface area contributed by atoms with E-state index in [-0.39, 0.29) is 0 Å². The highest BCUT2D eigenvalue weighted by Crippen LogP contribution is 2.30. The molecule has 1 fully saturated rings. The number of rotatable bonds is 4. The normalized spacial score (nSPS) is 14.0. The molecule has 1 aliphatic heterocycles. The molecule has 0 unspecified atom stereocenters. The van der Waals surface area contributed by atoms with Gasteiger partial charge in [0.25, 0.3) is 0 Å². The minimum Gasteiger partial charge on any atom is -0.497 e. The fourth-order valence-electron chi connectivity index (χ4n) is 3.35. The van der Waals surface area contributed by atoms with E-state index in [0.717, 1.165) is 59.1 Å². The van der Waals surface area contributed by atoms with Crippen LogP contribution in [0.4, 0.5) is 10.8 Å². The maximum Gasteiger partial charge on any atom is 0.185 e. The van der Waals surface area contributed by atoms with Crippen molar-refractivity contribution in [1.29, 1.82) is 0 Å². The lowest BCUT2D eigenvalue weighted by Crippen LogP contribution is -2.50. The smallest absolute Gasteiger partial charge is 0.185 e. The van der Waals surface area contributed by atoms with Crippen molar-refractivity contribution in [3.63, 3.8) is 0 Å². The van der Waals surface area contributed by atoms with Gasteiger partial charge in [-0.25, -0.2) is 4.98 Å². The van der Waals surface area contributed by atoms with Crippen molar-refractivity contribution < 1.29 is 4.74 Å². The summed E-state index contributed by atoms with van der Waals surface area (Å²) >= 11 is 7.30. The predicted molar refractivity (Wildman–Crippen MR) is 125 cm³/mol. The van der Waals surface area contributed by atoms with E-state index >= 15 is 0 Å². The molecule has 150 valence electrons. The van der Waals surface area contributed by atoms with Gasteiger partial charge in [-0.3, -0.25) is 0 Å². The molecule has 5 nitrogen and oxygen atoms in total. The van der Waals surface area contributed by atoms with Gasteiger partial charge in [-0.05, 0) is 49.0 Å². The van der Waals surface area contributed by atoms with Crippen LogP contribution in [0.3, 0.4) is 0 Å². The number of aryl methyl sites for hydroxylation is 1. The molecule has 2 heterocycles. The van der Waals surface area contributed by atoms with Crippen LogP contribution in [0.5, 0.6) is 5.75 Å². The monoisotopic (exact) mass is 424 g/mol. The topological polar surface area (TPSA) is 40.6 Å². The second-order valence-electron chi connectivity index (χ2n) is 7.02. The number of thiocarbonyl (C=S) groups is 1. The van der Waals surface area contributed by atoms with Crippen LogP contribution in [-0.2, 0) is 0 Å². The minimum absolute atomic E-state index is 0.784. The highest BCUT2D eigenvalue weighted by Gasteiger charge is 2.21. The SMILES string of the molecule is COc1cccc(-c2csc(N3CCN(C(=S)Nc4cccc(C)c4)CC3)n2)c1. The van der Waals surface area contributed by atoms with Crippen molar-refractivity contribution in [2.75, 3.05) is 43.5 Å². The van der Waals surface area contributed by atoms with E-state index in [1.54, 1.807) is 18.4 Å². The number of piperazine rings is 1. The van der Waals surface area contributed by atoms with Gasteiger partial charge in [-0.15, -0.1) is 11.3 Å². The molecule has 1 N–H and O–H groups in total. The fourth-order valence-corrected chi connectivity index (χ4v) is 4.54. The van der Waals surface area contributed by atoms with Gasteiger partial charge < -0.3 is 19.9 Å². The lowest BCUT2D eigenvalue weighted by molar-refractivity contribution is 0.390. The van der Waals surface area contributed by atoms with Crippen LogP contribution in [0.25, 0.3) is 11.3 Å². The molecular formula is C22H24N4OS2. The van der Waals surface area contributed by atoms with Gasteiger partial charge in [-0.2, -0.15) is 0 Å². The van der Waals surface area contributed by atoms with Gasteiger partial charge in [0, 0.05) is 42.8 Å². The van der Waals surface area contributed by atoms with Crippen LogP contribution >= 0.6 is 23.6 Å². The number of thiazole rings is 1. The van der Waals surface area contributed by atoms with E-state index in [1.807, 2.05) is 30.3 Å². The van der Waals surface area contributed by atoms with E-state index < -0.39 is 0 Å². The zero-order valence-corrected chi connectivity index (χ0v) is 18.2. The highest BCUT2D eigenvalue weighted by molar-refractivity contribution is 7.80. The predicted octanol–water partition coefficient (Wildman–Crippen LogP) is 4.65. The standard InChI is InChI=1S/C22H24N4OS2/c1-16-5-3-7-18(13-16)23-21(28)25-9-11-26(12-10-25)22-24-20(15-29-22)17-6-4-8-19(14-17)27-2/h3-8,13-15H,9-12H2,1-2H3,(H,23,28). The van der Waals surface area contributed by atoms with Crippen LogP contribution in [0.15, 0.2) is 53.9 Å². The molecule has 7 heteroatoms. The summed E-state index contributed by atoms with van der Waals surface area (Å²) in [4.78, 5) is 9.41. The Bertz CT molecular complexity index is 996. The average Bonchev–Trinajstić information content (AvgIpc) is 3.24. The molecule has 0 amide bonds. The van der Waals surface area contributed by atoms with Gasteiger partial charge in [0.15, 0.2) is 10.2 Å². The molecule has 2 aromatic carbocycles. The van der Waals surface area contributed by atoms with E-state index in [4.69, 9.17) is 21.9 Å². The summed E-state index contributed by atoms with van der Waals surface area (Å²) < 4.78 is 5.32. The summed E-state index contributed by atoms with van der Waals surface area (Å²) in [6.07, 6.45) is 0. The molecule has 0 aliphatic carbocycles. The van der Waals surface area contributed by atoms with E-state index in [2.05, 4.69) is 45.6 Å². The van der Waals surface area contributed by atoms with Crippen molar-refractivity contribution in [2.45, 2.75) is 6.92 Å². The number of anilines is 2. The lowest BCUT2D eigenvalue weighted by atomic mass is 10.2. The van der Waals surface area contributed by atoms with E-state index in [1.165, 1.54) is 5.56 Å². The van der Waals surface area contributed by atoms with Crippen LogP contribution in [0, 0.1) is 6.92 Å². The second-order valence-corrected chi connectivity index (χ2v) is 8.24. The molecule has 0 saturated carbocycles. The summed E-state index contributed by atoms with van der Waals surface area (Å²) in [5, 5.41) is 7.31. The number of methoxy groups -OCH3 is 1. The number of ether oxygens (including phenoxy) is 1. The van der Waals surface area contributed by atoms with Gasteiger partial charge in [0.05, 0.1) is 12.8 Å². The Morgan fingerprint density at radius 1 is 1.10 bits per heavy atom. The van der Waals surface area contributed by atoms with Crippen molar-refractivity contribution >= 4 is 39.5 Å². The third-order valence-electron chi connectivity index (χ3n) is 4.96. The van der Waals surface area contributed by atoms with Crippen molar-refractivity contribution in [1.82, 2.24) is 9.88 Å². The first-order valence-electron chi connectivity index (χ1n) is 9.60. The Morgan fingerprint density at radius 2 is 1.90 bits per heavy atom. The number of aromatic nitrogens is 1. The molecular weight excluding hydrogens is 400 g/mol. The molecule has 0 spiro atoms. The number of hydrogen-bond donors (Lipinski definition) is 1. The molecule has 0 atom stereocenters. The first-order valence-corrected chi connectivity index (χ1v) is 10.9. The number of benzene rings is 2. The first kappa shape index (κ1) is 19.7. The second kappa shape index (κ2) is 8.80. The van der Waals surface area contributed by atoms with Gasteiger partial charge in [0.1, 0.15) is 5.75 Å². The van der Waals surface area contributed by atoms with Gasteiger partial charge in [-0.1, -0.05) is 24.3 Å². The third-order valence-corrected chi connectivity index (χ3v) is 6.23. The zero-order chi connectivity index (χ0) is 20.2. The lowest BCUT2D eigenvalue weighted by Gasteiger charge is -2.36. The summed E-state index contributed by atoms with van der Waals surface area (Å²) in [5.74, 6) is 0.847. The van der Waals surface area contributed by atoms with Crippen molar-refractivity contribution in [2.24, 2.45) is 0 Å². The summed E-state index contributed by atoms with van der Waals surface area (Å²) in [7, 11) is 1.68. The highest BCUT2D eigenvalue weighted by atomic mass is 32.1. The number of hydrogen-bond acceptors (Lipinski definition) is 5. The summed E-state index contributed by atoms with van der Waals surface area (Å²) in [6.45, 7) is 5.65. The van der Waals surface area contributed by atoms with Gasteiger partial charge >= 0.3 is 0 Å². The van der Waals surface area contributed by atoms with Crippen LogP contribution in [0.2, 0.25) is 0 Å². The van der Waals surface area contributed by atoms with Crippen LogP contribution in [0.1, 0.15) is 5.56 Å². The maximum atomic E-state index is 5.62. The molecule has 4 rings (SSSR count). The quantitative estimate of drug-likeness (QED) is 0.615. The molecule has 1 saturated heterocycles. The molecule has 1 aromatic heterocycles. The minimum atomic E-state index is 0.784. The fraction of sp³-hybridized carbons (Fsp3) is 0.273. The molecule has 3 aromatic rings. The molecule has 29 heavy (non-hydrogen) atoms. The van der Waals surface area contributed by atoms with E-state index in [9.17, 15) is 0 Å². The van der Waals surface area contributed by atoms with E-state index in [0.29, 0.717) is 0 Å². The zero-order valence-electron chi connectivity index (χ0n) is 16.6. The Hall–Kier alpha value is -2.64. The first-order chi connectivity index (χ1) is 14.1. The van der Waals surface area contributed by atoms with Crippen LogP contribution in [-0.4, -0.2) is 48.3 Å². The number of nitrogens with one attached hydrogen (secondary N) is 1. The summed E-state index contributed by atoms with van der Waals surface area (Å²) in [6, 6.07) is 16.3. The Kier molecular flexibility index (Phi) is 5.97. The largest absolute Gasteiger partial charge is 0.497 e. The Morgan fingerprint density at radius 3 is 2.66 bits per heavy atom. The molecule has 0 radical (unpaired) electrons. The van der Waals surface area contributed by atoms with Crippen LogP contribution < -0.4 is 15.0 Å². The van der Waals surface area contributed by atoms with Crippen molar-refractivity contribution in [3.8, 4) is 17.0 Å².